The number of anilines is 1. The first kappa shape index (κ1) is 15.5. The number of carbonyl (C=O) groups excluding carboxylic acids is 1. The van der Waals surface area contributed by atoms with Crippen molar-refractivity contribution in [3.05, 3.63) is 30.1 Å². The fourth-order valence-corrected chi connectivity index (χ4v) is 2.02. The second-order valence-electron chi connectivity index (χ2n) is 4.81. The number of amides is 1. The molecule has 0 aromatic heterocycles. The van der Waals surface area contributed by atoms with Crippen molar-refractivity contribution in [2.45, 2.75) is 51.5 Å². The molecule has 19 heavy (non-hydrogen) atoms. The summed E-state index contributed by atoms with van der Waals surface area (Å²) in [5.74, 6) is -0.712. The second-order valence-corrected chi connectivity index (χ2v) is 4.81. The minimum atomic E-state index is -0.427. The van der Waals surface area contributed by atoms with Crippen molar-refractivity contribution in [3.8, 4) is 0 Å². The summed E-state index contributed by atoms with van der Waals surface area (Å²) < 4.78 is 13.1. The average Bonchev–Trinajstić information content (AvgIpc) is 2.37. The number of carbonyl (C=O) groups is 1. The minimum Gasteiger partial charge on any atom is -0.374 e. The van der Waals surface area contributed by atoms with Gasteiger partial charge in [-0.05, 0) is 24.6 Å². The van der Waals surface area contributed by atoms with E-state index in [-0.39, 0.29) is 11.7 Å². The van der Waals surface area contributed by atoms with Crippen molar-refractivity contribution < 1.29 is 9.18 Å². The van der Waals surface area contributed by atoms with Crippen LogP contribution in [0.15, 0.2) is 24.3 Å². The summed E-state index contributed by atoms with van der Waals surface area (Å²) in [6, 6.07) is 5.65. The molecule has 1 atom stereocenters. The predicted octanol–water partition coefficient (Wildman–Crippen LogP) is 3.45. The highest BCUT2D eigenvalue weighted by Gasteiger charge is 2.14. The van der Waals surface area contributed by atoms with Gasteiger partial charge in [-0.2, -0.15) is 0 Å². The Morgan fingerprint density at radius 2 is 2.05 bits per heavy atom. The summed E-state index contributed by atoms with van der Waals surface area (Å²) in [5, 5.41) is 3.00. The van der Waals surface area contributed by atoms with Gasteiger partial charge in [0.05, 0.1) is 0 Å². The molecule has 0 fully saturated rings. The molecule has 0 spiro atoms. The highest BCUT2D eigenvalue weighted by molar-refractivity contribution is 5.82. The van der Waals surface area contributed by atoms with Crippen LogP contribution in [-0.2, 0) is 4.79 Å². The van der Waals surface area contributed by atoms with Crippen LogP contribution in [0.4, 0.5) is 10.1 Å². The van der Waals surface area contributed by atoms with Crippen LogP contribution >= 0.6 is 0 Å². The first-order chi connectivity index (χ1) is 9.13. The van der Waals surface area contributed by atoms with Gasteiger partial charge in [0, 0.05) is 5.69 Å². The van der Waals surface area contributed by atoms with Gasteiger partial charge in [-0.1, -0.05) is 45.1 Å². The molecule has 0 saturated carbocycles. The summed E-state index contributed by atoms with van der Waals surface area (Å²) in [6.07, 6.45) is 6.34. The fourth-order valence-electron chi connectivity index (χ4n) is 2.02. The molecule has 0 aliphatic rings. The van der Waals surface area contributed by atoms with E-state index < -0.39 is 6.04 Å². The lowest BCUT2D eigenvalue weighted by Gasteiger charge is -2.16. The van der Waals surface area contributed by atoms with Crippen LogP contribution in [0.5, 0.6) is 0 Å². The van der Waals surface area contributed by atoms with Crippen LogP contribution in [0.25, 0.3) is 0 Å². The summed E-state index contributed by atoms with van der Waals surface area (Å²) in [5.41, 5.74) is 5.96. The minimum absolute atomic E-state index is 0.323. The topological polar surface area (TPSA) is 55.1 Å². The van der Waals surface area contributed by atoms with Gasteiger partial charge in [-0.3, -0.25) is 4.79 Å². The Bertz CT molecular complexity index is 395. The molecule has 1 amide bonds. The molecule has 3 N–H and O–H groups in total. The highest BCUT2D eigenvalue weighted by atomic mass is 19.1. The Labute approximate surface area is 114 Å². The molecule has 0 aliphatic heterocycles. The summed E-state index contributed by atoms with van der Waals surface area (Å²) >= 11 is 0. The lowest BCUT2D eigenvalue weighted by molar-refractivity contribution is -0.118. The summed E-state index contributed by atoms with van der Waals surface area (Å²) in [4.78, 5) is 11.4. The number of benzene rings is 1. The molecular formula is C15H23FN2O. The molecule has 0 saturated heterocycles. The molecule has 1 aromatic carbocycles. The molecule has 1 unspecified atom stereocenters. The van der Waals surface area contributed by atoms with E-state index in [1.54, 1.807) is 12.1 Å². The van der Waals surface area contributed by atoms with Gasteiger partial charge < -0.3 is 11.1 Å². The van der Waals surface area contributed by atoms with E-state index in [0.29, 0.717) is 12.1 Å². The molecule has 0 heterocycles. The van der Waals surface area contributed by atoms with Crippen molar-refractivity contribution in [2.75, 3.05) is 5.32 Å². The molecular weight excluding hydrogens is 243 g/mol. The zero-order valence-corrected chi connectivity index (χ0v) is 11.5. The number of primary amides is 1. The van der Waals surface area contributed by atoms with Crippen LogP contribution in [0.3, 0.4) is 0 Å². The maximum absolute atomic E-state index is 13.1. The maximum atomic E-state index is 13.1. The van der Waals surface area contributed by atoms with E-state index in [1.165, 1.54) is 31.4 Å². The molecule has 106 valence electrons. The zero-order chi connectivity index (χ0) is 14.1. The lowest BCUT2D eigenvalue weighted by atomic mass is 10.1. The Kier molecular flexibility index (Phi) is 6.93. The van der Waals surface area contributed by atoms with Gasteiger partial charge in [-0.25, -0.2) is 4.39 Å². The van der Waals surface area contributed by atoms with Gasteiger partial charge in [0.15, 0.2) is 0 Å². The van der Waals surface area contributed by atoms with Crippen LogP contribution < -0.4 is 11.1 Å². The SMILES string of the molecule is CCCCCCCC(Nc1cccc(F)c1)C(N)=O. The summed E-state index contributed by atoms with van der Waals surface area (Å²) in [7, 11) is 0. The number of hydrogen-bond acceptors (Lipinski definition) is 2. The maximum Gasteiger partial charge on any atom is 0.239 e. The third-order valence-electron chi connectivity index (χ3n) is 3.11. The number of nitrogens with one attached hydrogen (secondary N) is 1. The largest absolute Gasteiger partial charge is 0.374 e. The predicted molar refractivity (Wildman–Crippen MR) is 76.4 cm³/mol. The third kappa shape index (κ3) is 6.22. The fraction of sp³-hybridized carbons (Fsp3) is 0.533. The number of hydrogen-bond donors (Lipinski definition) is 2. The van der Waals surface area contributed by atoms with E-state index in [9.17, 15) is 9.18 Å². The molecule has 4 heteroatoms. The van der Waals surface area contributed by atoms with Gasteiger partial charge in [0.25, 0.3) is 0 Å². The Hall–Kier alpha value is -1.58. The van der Waals surface area contributed by atoms with Crippen LogP contribution in [0.2, 0.25) is 0 Å². The first-order valence-corrected chi connectivity index (χ1v) is 6.95. The van der Waals surface area contributed by atoms with Crippen molar-refractivity contribution in [1.82, 2.24) is 0 Å². The smallest absolute Gasteiger partial charge is 0.239 e. The normalized spacial score (nSPS) is 12.1. The van der Waals surface area contributed by atoms with Gasteiger partial charge >= 0.3 is 0 Å². The quantitative estimate of drug-likeness (QED) is 0.673. The van der Waals surface area contributed by atoms with E-state index in [0.717, 1.165) is 12.8 Å². The van der Waals surface area contributed by atoms with Crippen LogP contribution in [0.1, 0.15) is 45.4 Å². The van der Waals surface area contributed by atoms with Gasteiger partial charge in [0.2, 0.25) is 5.91 Å². The molecule has 1 rings (SSSR count). The van der Waals surface area contributed by atoms with Gasteiger partial charge in [-0.15, -0.1) is 0 Å². The second kappa shape index (κ2) is 8.51. The molecule has 0 radical (unpaired) electrons. The van der Waals surface area contributed by atoms with Crippen LogP contribution in [-0.4, -0.2) is 11.9 Å². The van der Waals surface area contributed by atoms with Crippen LogP contribution in [0, 0.1) is 5.82 Å². The van der Waals surface area contributed by atoms with Crippen molar-refractivity contribution >= 4 is 11.6 Å². The average molecular weight is 266 g/mol. The number of halogens is 1. The highest BCUT2D eigenvalue weighted by Crippen LogP contribution is 2.14. The molecule has 0 aliphatic carbocycles. The van der Waals surface area contributed by atoms with E-state index in [4.69, 9.17) is 5.73 Å². The molecule has 0 bridgehead atoms. The van der Waals surface area contributed by atoms with Crippen molar-refractivity contribution in [1.29, 1.82) is 0 Å². The van der Waals surface area contributed by atoms with Crippen molar-refractivity contribution in [2.24, 2.45) is 5.73 Å². The number of rotatable bonds is 9. The lowest BCUT2D eigenvalue weighted by Crippen LogP contribution is -2.35. The molecule has 3 nitrogen and oxygen atoms in total. The Balaban J connectivity index is 2.42. The zero-order valence-electron chi connectivity index (χ0n) is 11.5. The monoisotopic (exact) mass is 266 g/mol. The number of unbranched alkanes of at least 4 members (excludes halogenated alkanes) is 4. The first-order valence-electron chi connectivity index (χ1n) is 6.95. The van der Waals surface area contributed by atoms with E-state index in [1.807, 2.05) is 0 Å². The van der Waals surface area contributed by atoms with E-state index in [2.05, 4.69) is 12.2 Å². The summed E-state index contributed by atoms with van der Waals surface area (Å²) in [6.45, 7) is 2.16. The van der Waals surface area contributed by atoms with Crippen molar-refractivity contribution in [3.63, 3.8) is 0 Å². The van der Waals surface area contributed by atoms with E-state index >= 15 is 0 Å². The Morgan fingerprint density at radius 3 is 2.68 bits per heavy atom. The third-order valence-corrected chi connectivity index (χ3v) is 3.11. The molecule has 1 aromatic rings. The number of nitrogens with two attached hydrogens (primary N) is 1. The standard InChI is InChI=1S/C15H23FN2O/c1-2-3-4-5-6-10-14(15(17)19)18-13-9-7-8-12(16)11-13/h7-9,11,14,18H,2-6,10H2,1H3,(H2,17,19). The van der Waals surface area contributed by atoms with Gasteiger partial charge in [0.1, 0.15) is 11.9 Å². The Morgan fingerprint density at radius 1 is 1.32 bits per heavy atom.